The topological polar surface area (TPSA) is 41.9 Å². The fraction of sp³-hybridized carbons (Fsp3) is 1.00. The van der Waals surface area contributed by atoms with Gasteiger partial charge in [0.25, 0.3) is 0 Å². The fourth-order valence-electron chi connectivity index (χ4n) is 3.22. The average molecular weight is 287 g/mol. The third kappa shape index (κ3) is 4.99. The van der Waals surface area contributed by atoms with Gasteiger partial charge in [-0.3, -0.25) is 4.84 Å². The quantitative estimate of drug-likeness (QED) is 0.843. The van der Waals surface area contributed by atoms with Crippen molar-refractivity contribution in [2.75, 3.05) is 6.61 Å². The highest BCUT2D eigenvalue weighted by molar-refractivity contribution is 4.97. The summed E-state index contributed by atoms with van der Waals surface area (Å²) in [6.45, 7) is 16.7. The number of hydrogen-bond donors (Lipinski definition) is 1. The molecule has 0 aromatic carbocycles. The highest BCUT2D eigenvalue weighted by Crippen LogP contribution is 2.40. The lowest BCUT2D eigenvalue weighted by Gasteiger charge is -2.54. The zero-order valence-corrected chi connectivity index (χ0v) is 14.5. The Hall–Kier alpha value is -0.160. The Kier molecular flexibility index (Phi) is 5.29. The summed E-state index contributed by atoms with van der Waals surface area (Å²) in [5, 5.41) is 11.9. The van der Waals surface area contributed by atoms with Crippen LogP contribution in [0.2, 0.25) is 0 Å². The van der Waals surface area contributed by atoms with Crippen molar-refractivity contribution in [1.82, 2.24) is 5.06 Å². The summed E-state index contributed by atoms with van der Waals surface area (Å²) in [5.74, 6) is 0. The standard InChI is InChI=1S/C16H33NO3/c1-12(2)20-13-9-14(3,4)17(15(5,6)10-13)19-11-16(7,8)18/h12-13,18H,9-11H2,1-8H3. The minimum absolute atomic E-state index is 0.118. The molecule has 1 heterocycles. The third-order valence-corrected chi connectivity index (χ3v) is 3.57. The van der Waals surface area contributed by atoms with Crippen molar-refractivity contribution in [1.29, 1.82) is 0 Å². The van der Waals surface area contributed by atoms with Crippen LogP contribution in [0, 0.1) is 0 Å². The minimum atomic E-state index is -0.822. The van der Waals surface area contributed by atoms with Crippen molar-refractivity contribution in [2.45, 2.75) is 97.1 Å². The Bertz CT molecular complexity index is 300. The van der Waals surface area contributed by atoms with Gasteiger partial charge in [0.15, 0.2) is 0 Å². The Morgan fingerprint density at radius 3 is 1.95 bits per heavy atom. The molecule has 0 unspecified atom stereocenters. The van der Waals surface area contributed by atoms with Gasteiger partial charge in [0.05, 0.1) is 24.4 Å². The summed E-state index contributed by atoms with van der Waals surface area (Å²) in [6, 6.07) is 0. The van der Waals surface area contributed by atoms with Crippen LogP contribution in [0.3, 0.4) is 0 Å². The van der Waals surface area contributed by atoms with Crippen LogP contribution < -0.4 is 0 Å². The summed E-state index contributed by atoms with van der Waals surface area (Å²) in [4.78, 5) is 5.96. The van der Waals surface area contributed by atoms with Crippen molar-refractivity contribution in [3.63, 3.8) is 0 Å². The molecule has 1 saturated heterocycles. The molecule has 1 aliphatic heterocycles. The molecule has 0 saturated carbocycles. The number of hydroxylamine groups is 2. The van der Waals surface area contributed by atoms with Crippen LogP contribution >= 0.6 is 0 Å². The molecule has 0 atom stereocenters. The molecule has 4 nitrogen and oxygen atoms in total. The van der Waals surface area contributed by atoms with Crippen molar-refractivity contribution >= 4 is 0 Å². The monoisotopic (exact) mass is 287 g/mol. The van der Waals surface area contributed by atoms with E-state index < -0.39 is 5.60 Å². The summed E-state index contributed by atoms with van der Waals surface area (Å²) < 4.78 is 6.02. The first-order chi connectivity index (χ1) is 8.83. The van der Waals surface area contributed by atoms with Gasteiger partial charge >= 0.3 is 0 Å². The molecule has 0 amide bonds. The van der Waals surface area contributed by atoms with Crippen LogP contribution in [0.5, 0.6) is 0 Å². The Balaban J connectivity index is 2.80. The molecule has 1 aliphatic rings. The summed E-state index contributed by atoms with van der Waals surface area (Å²) in [6.07, 6.45) is 2.36. The molecule has 0 aromatic heterocycles. The highest BCUT2D eigenvalue weighted by Gasteiger charge is 2.47. The second-order valence-electron chi connectivity index (χ2n) is 8.22. The lowest BCUT2D eigenvalue weighted by molar-refractivity contribution is -0.309. The molecule has 0 radical (unpaired) electrons. The number of ether oxygens (including phenoxy) is 1. The van der Waals surface area contributed by atoms with Crippen molar-refractivity contribution < 1.29 is 14.7 Å². The van der Waals surface area contributed by atoms with E-state index in [0.29, 0.717) is 6.61 Å². The normalized spacial score (nSPS) is 24.3. The molecule has 120 valence electrons. The Labute approximate surface area is 124 Å². The number of nitrogens with zero attached hydrogens (tertiary/aromatic N) is 1. The molecular formula is C16H33NO3. The molecule has 20 heavy (non-hydrogen) atoms. The first-order valence-electron chi connectivity index (χ1n) is 7.65. The van der Waals surface area contributed by atoms with E-state index in [1.54, 1.807) is 13.8 Å². The van der Waals surface area contributed by atoms with Gasteiger partial charge in [-0.25, -0.2) is 0 Å². The largest absolute Gasteiger partial charge is 0.388 e. The van der Waals surface area contributed by atoms with Gasteiger partial charge in [-0.15, -0.1) is 0 Å². The van der Waals surface area contributed by atoms with Crippen LogP contribution in [0.4, 0.5) is 0 Å². The molecular weight excluding hydrogens is 254 g/mol. The Morgan fingerprint density at radius 2 is 1.60 bits per heavy atom. The maximum Gasteiger partial charge on any atom is 0.0967 e. The molecule has 1 N–H and O–H groups in total. The molecule has 1 fully saturated rings. The first-order valence-corrected chi connectivity index (χ1v) is 7.65. The second kappa shape index (κ2) is 5.91. The Morgan fingerprint density at radius 1 is 1.15 bits per heavy atom. The second-order valence-corrected chi connectivity index (χ2v) is 8.22. The van der Waals surface area contributed by atoms with Crippen LogP contribution in [0.1, 0.15) is 68.2 Å². The van der Waals surface area contributed by atoms with Crippen molar-refractivity contribution in [2.24, 2.45) is 0 Å². The maximum atomic E-state index is 9.88. The summed E-state index contributed by atoms with van der Waals surface area (Å²) in [5.41, 5.74) is -1.06. The predicted octanol–water partition coefficient (Wildman–Crippen LogP) is 3.14. The predicted molar refractivity (Wildman–Crippen MR) is 81.5 cm³/mol. The van der Waals surface area contributed by atoms with Crippen molar-refractivity contribution in [3.05, 3.63) is 0 Å². The van der Waals surface area contributed by atoms with Gasteiger partial charge < -0.3 is 9.84 Å². The molecule has 0 aromatic rings. The van der Waals surface area contributed by atoms with E-state index in [0.717, 1.165) is 12.8 Å². The number of hydrogen-bond acceptors (Lipinski definition) is 4. The van der Waals surface area contributed by atoms with E-state index in [2.05, 4.69) is 46.6 Å². The van der Waals surface area contributed by atoms with E-state index in [1.807, 2.05) is 0 Å². The van der Waals surface area contributed by atoms with E-state index >= 15 is 0 Å². The molecule has 1 rings (SSSR count). The van der Waals surface area contributed by atoms with E-state index in [4.69, 9.17) is 9.57 Å². The van der Waals surface area contributed by atoms with E-state index in [9.17, 15) is 5.11 Å². The smallest absolute Gasteiger partial charge is 0.0967 e. The highest BCUT2D eigenvalue weighted by atomic mass is 16.7. The first kappa shape index (κ1) is 17.9. The van der Waals surface area contributed by atoms with Gasteiger partial charge in [-0.05, 0) is 68.2 Å². The van der Waals surface area contributed by atoms with Crippen LogP contribution in [-0.2, 0) is 9.57 Å². The molecule has 0 bridgehead atoms. The third-order valence-electron chi connectivity index (χ3n) is 3.57. The van der Waals surface area contributed by atoms with Gasteiger partial charge in [0, 0.05) is 11.1 Å². The average Bonchev–Trinajstić information content (AvgIpc) is 2.09. The lowest BCUT2D eigenvalue weighted by Crippen LogP contribution is -2.62. The zero-order chi connectivity index (χ0) is 15.8. The maximum absolute atomic E-state index is 9.88. The van der Waals surface area contributed by atoms with Crippen LogP contribution in [0.15, 0.2) is 0 Å². The van der Waals surface area contributed by atoms with Gasteiger partial charge in [-0.2, -0.15) is 5.06 Å². The van der Waals surface area contributed by atoms with Crippen molar-refractivity contribution in [3.8, 4) is 0 Å². The van der Waals surface area contributed by atoms with Crippen LogP contribution in [-0.4, -0.2) is 45.7 Å². The van der Waals surface area contributed by atoms with E-state index in [-0.39, 0.29) is 23.3 Å². The molecule has 0 spiro atoms. The number of rotatable bonds is 5. The molecule has 4 heteroatoms. The van der Waals surface area contributed by atoms with Gasteiger partial charge in [0.2, 0.25) is 0 Å². The van der Waals surface area contributed by atoms with E-state index in [1.165, 1.54) is 0 Å². The fourth-order valence-corrected chi connectivity index (χ4v) is 3.22. The van der Waals surface area contributed by atoms with Gasteiger partial charge in [0.1, 0.15) is 0 Å². The minimum Gasteiger partial charge on any atom is -0.388 e. The lowest BCUT2D eigenvalue weighted by atomic mass is 9.80. The zero-order valence-electron chi connectivity index (χ0n) is 14.5. The summed E-state index contributed by atoms with van der Waals surface area (Å²) >= 11 is 0. The summed E-state index contributed by atoms with van der Waals surface area (Å²) in [7, 11) is 0. The van der Waals surface area contributed by atoms with Gasteiger partial charge in [-0.1, -0.05) is 0 Å². The molecule has 0 aliphatic carbocycles. The number of piperidine rings is 1. The number of aliphatic hydroxyl groups is 1. The van der Waals surface area contributed by atoms with Crippen LogP contribution in [0.25, 0.3) is 0 Å². The SMILES string of the molecule is CC(C)OC1CC(C)(C)N(OCC(C)(C)O)C(C)(C)C1.